The molecule has 0 aromatic heterocycles. The van der Waals surface area contributed by atoms with Gasteiger partial charge >= 0.3 is 9.53 Å². The monoisotopic (exact) mass is 329 g/mol. The molecule has 22 heavy (non-hydrogen) atoms. The summed E-state index contributed by atoms with van der Waals surface area (Å²) in [4.78, 5) is 39.3. The summed E-state index contributed by atoms with van der Waals surface area (Å²) in [6, 6.07) is -0.558. The standard InChI is InChI=1S/C6H3N3O3.C6H16O3Si/c10-2-7-5-1-6(5,8-3-11)9-4-12;1-4-7-10(8-5-2)9-6-3/h5H,1H2;10H,4-6H2,1-3H3. The number of hydrogen-bond acceptors (Lipinski definition) is 9. The highest BCUT2D eigenvalue weighted by molar-refractivity contribution is 6.36. The van der Waals surface area contributed by atoms with Crippen LogP contribution in [0.15, 0.2) is 15.0 Å². The maximum Gasteiger partial charge on any atom is 0.484 e. The average molecular weight is 329 g/mol. The lowest BCUT2D eigenvalue weighted by Gasteiger charge is -2.12. The van der Waals surface area contributed by atoms with E-state index in [0.717, 1.165) is 0 Å². The average Bonchev–Trinajstić information content (AvgIpc) is 3.14. The lowest BCUT2D eigenvalue weighted by molar-refractivity contribution is 0.107. The molecule has 0 heterocycles. The van der Waals surface area contributed by atoms with E-state index in [2.05, 4.69) is 15.0 Å². The summed E-state index contributed by atoms with van der Waals surface area (Å²) in [6.45, 7) is 7.86. The van der Waals surface area contributed by atoms with Crippen molar-refractivity contribution in [3.8, 4) is 0 Å². The first kappa shape index (κ1) is 20.2. The summed E-state index contributed by atoms with van der Waals surface area (Å²) >= 11 is 0. The van der Waals surface area contributed by atoms with Crippen LogP contribution in [0.1, 0.15) is 27.2 Å². The lowest BCUT2D eigenvalue weighted by Crippen LogP contribution is -2.27. The van der Waals surface area contributed by atoms with Crippen LogP contribution in [0.2, 0.25) is 0 Å². The van der Waals surface area contributed by atoms with Gasteiger partial charge in [0.05, 0.1) is 0 Å². The summed E-state index contributed by atoms with van der Waals surface area (Å²) in [6.07, 6.45) is 4.07. The predicted octanol–water partition coefficient (Wildman–Crippen LogP) is 0.275. The molecule has 1 saturated carbocycles. The van der Waals surface area contributed by atoms with E-state index in [-0.39, 0.29) is 6.42 Å². The number of nitrogens with zero attached hydrogens (tertiary/aromatic N) is 3. The highest BCUT2D eigenvalue weighted by atomic mass is 28.3. The zero-order valence-corrected chi connectivity index (χ0v) is 13.9. The predicted molar refractivity (Wildman–Crippen MR) is 77.5 cm³/mol. The number of carbonyl (C=O) groups excluding carboxylic acids is 3. The van der Waals surface area contributed by atoms with Crippen LogP contribution < -0.4 is 0 Å². The fourth-order valence-electron chi connectivity index (χ4n) is 1.41. The second-order valence-corrected chi connectivity index (χ2v) is 5.46. The molecule has 122 valence electrons. The molecular formula is C12H19N3O6Si. The van der Waals surface area contributed by atoms with Crippen LogP contribution >= 0.6 is 0 Å². The van der Waals surface area contributed by atoms with Crippen molar-refractivity contribution < 1.29 is 27.7 Å². The van der Waals surface area contributed by atoms with Crippen molar-refractivity contribution in [1.29, 1.82) is 0 Å². The SMILES string of the molecule is CCO[SiH](OCC)OCC.O=C=NC1CC1(N=C=O)N=C=O. The van der Waals surface area contributed by atoms with E-state index in [9.17, 15) is 14.4 Å². The highest BCUT2D eigenvalue weighted by Crippen LogP contribution is 2.43. The van der Waals surface area contributed by atoms with Crippen LogP contribution in [0.25, 0.3) is 0 Å². The van der Waals surface area contributed by atoms with Crippen molar-refractivity contribution in [1.82, 2.24) is 0 Å². The van der Waals surface area contributed by atoms with Gasteiger partial charge in [-0.3, -0.25) is 0 Å². The molecule has 1 aliphatic carbocycles. The number of rotatable bonds is 9. The molecule has 0 aromatic rings. The van der Waals surface area contributed by atoms with E-state index < -0.39 is 21.2 Å². The van der Waals surface area contributed by atoms with Gasteiger partial charge < -0.3 is 13.3 Å². The Morgan fingerprint density at radius 2 is 1.41 bits per heavy atom. The summed E-state index contributed by atoms with van der Waals surface area (Å²) in [5.74, 6) is 0. The molecule has 0 aliphatic heterocycles. The van der Waals surface area contributed by atoms with E-state index in [1.807, 2.05) is 20.8 Å². The lowest BCUT2D eigenvalue weighted by atomic mass is 10.5. The van der Waals surface area contributed by atoms with Crippen LogP contribution in [0.5, 0.6) is 0 Å². The highest BCUT2D eigenvalue weighted by Gasteiger charge is 2.57. The van der Waals surface area contributed by atoms with Gasteiger partial charge in [-0.2, -0.15) is 15.0 Å². The Balaban J connectivity index is 0.000000409. The first-order valence-corrected chi connectivity index (χ1v) is 8.15. The summed E-state index contributed by atoms with van der Waals surface area (Å²) < 4.78 is 15.7. The Labute approximate surface area is 130 Å². The molecule has 0 aromatic carbocycles. The Kier molecular flexibility index (Phi) is 10.9. The molecule has 1 rings (SSSR count). The molecule has 0 amide bonds. The largest absolute Gasteiger partial charge is 0.484 e. The third kappa shape index (κ3) is 7.30. The van der Waals surface area contributed by atoms with Crippen molar-refractivity contribution in [2.75, 3.05) is 19.8 Å². The molecule has 0 spiro atoms. The van der Waals surface area contributed by atoms with E-state index in [1.165, 1.54) is 18.2 Å². The minimum Gasteiger partial charge on any atom is -0.376 e. The van der Waals surface area contributed by atoms with E-state index in [4.69, 9.17) is 13.3 Å². The molecular weight excluding hydrogens is 310 g/mol. The Bertz CT molecular complexity index is 437. The first-order chi connectivity index (χ1) is 10.6. The molecule has 0 N–H and O–H groups in total. The van der Waals surface area contributed by atoms with Gasteiger partial charge in [0.2, 0.25) is 18.2 Å². The van der Waals surface area contributed by atoms with Gasteiger partial charge in [-0.1, -0.05) is 0 Å². The topological polar surface area (TPSA) is 116 Å². The maximum atomic E-state index is 9.86. The third-order valence-corrected chi connectivity index (χ3v) is 4.28. The van der Waals surface area contributed by atoms with Gasteiger partial charge in [0, 0.05) is 26.2 Å². The fraction of sp³-hybridized carbons (Fsp3) is 0.750. The quantitative estimate of drug-likeness (QED) is 0.341. The number of isocyanates is 3. The van der Waals surface area contributed by atoms with Gasteiger partial charge in [0.1, 0.15) is 6.04 Å². The molecule has 1 aliphatic rings. The number of aliphatic imine (C=N–C) groups is 3. The second-order valence-electron chi connectivity index (χ2n) is 3.88. The van der Waals surface area contributed by atoms with E-state index >= 15 is 0 Å². The second kappa shape index (κ2) is 11.8. The fourth-order valence-corrected chi connectivity index (χ4v) is 2.52. The molecule has 0 radical (unpaired) electrons. The van der Waals surface area contributed by atoms with Crippen molar-refractivity contribution >= 4 is 27.8 Å². The smallest absolute Gasteiger partial charge is 0.376 e. The van der Waals surface area contributed by atoms with Gasteiger partial charge in [-0.25, -0.2) is 14.4 Å². The van der Waals surface area contributed by atoms with E-state index in [0.29, 0.717) is 19.8 Å². The molecule has 1 unspecified atom stereocenters. The minimum atomic E-state index is -1.73. The van der Waals surface area contributed by atoms with Crippen molar-refractivity contribution in [3.63, 3.8) is 0 Å². The summed E-state index contributed by atoms with van der Waals surface area (Å²) in [5, 5.41) is 0. The van der Waals surface area contributed by atoms with Crippen molar-refractivity contribution in [2.24, 2.45) is 15.0 Å². The molecule has 0 bridgehead atoms. The van der Waals surface area contributed by atoms with Gasteiger partial charge in [-0.15, -0.1) is 0 Å². The summed E-state index contributed by atoms with van der Waals surface area (Å²) in [5.41, 5.74) is -1.21. The zero-order valence-electron chi connectivity index (χ0n) is 12.8. The molecule has 1 atom stereocenters. The third-order valence-electron chi connectivity index (χ3n) is 2.46. The van der Waals surface area contributed by atoms with Crippen molar-refractivity contribution in [3.05, 3.63) is 0 Å². The summed E-state index contributed by atoms with van der Waals surface area (Å²) in [7, 11) is -1.73. The Hall–Kier alpha value is -1.76. The number of hydrogen-bond donors (Lipinski definition) is 0. The van der Waals surface area contributed by atoms with E-state index in [1.54, 1.807) is 0 Å². The Morgan fingerprint density at radius 3 is 1.73 bits per heavy atom. The van der Waals surface area contributed by atoms with Crippen LogP contribution in [-0.4, -0.2) is 59.3 Å². The van der Waals surface area contributed by atoms with Crippen LogP contribution in [0, 0.1) is 0 Å². The van der Waals surface area contributed by atoms with Gasteiger partial charge in [-0.05, 0) is 20.8 Å². The first-order valence-electron chi connectivity index (χ1n) is 6.73. The van der Waals surface area contributed by atoms with Gasteiger partial charge in [0.25, 0.3) is 0 Å². The molecule has 1 fully saturated rings. The molecule has 9 nitrogen and oxygen atoms in total. The molecule has 0 saturated heterocycles. The van der Waals surface area contributed by atoms with Crippen molar-refractivity contribution in [2.45, 2.75) is 38.9 Å². The normalized spacial score (nSPS) is 21.5. The zero-order chi connectivity index (χ0) is 16.8. The molecule has 10 heteroatoms. The van der Waals surface area contributed by atoms with Crippen LogP contribution in [-0.2, 0) is 27.7 Å². The van der Waals surface area contributed by atoms with Gasteiger partial charge in [0.15, 0.2) is 5.66 Å². The Morgan fingerprint density at radius 1 is 0.955 bits per heavy atom. The minimum absolute atomic E-state index is 0.257. The van der Waals surface area contributed by atoms with Crippen LogP contribution in [0.4, 0.5) is 0 Å². The van der Waals surface area contributed by atoms with Crippen LogP contribution in [0.3, 0.4) is 0 Å². The maximum absolute atomic E-state index is 9.86.